The van der Waals surface area contributed by atoms with Crippen molar-refractivity contribution in [3.05, 3.63) is 53.2 Å². The smallest absolute Gasteiger partial charge is 0.326 e. The maximum atomic E-state index is 12.7. The van der Waals surface area contributed by atoms with Crippen LogP contribution >= 0.6 is 0 Å². The number of nitrogens with one attached hydrogen (secondary N) is 2. The van der Waals surface area contributed by atoms with E-state index in [9.17, 15) is 27.7 Å². The predicted octanol–water partition coefficient (Wildman–Crippen LogP) is 2.62. The number of rotatable bonds is 16. The first-order valence-corrected chi connectivity index (χ1v) is 14.8. The summed E-state index contributed by atoms with van der Waals surface area (Å²) in [5, 5.41) is 15.5. The fourth-order valence-corrected chi connectivity index (χ4v) is 5.20. The van der Waals surface area contributed by atoms with Crippen molar-refractivity contribution in [1.82, 2.24) is 15.2 Å². The molecule has 1 atom stereocenters. The maximum Gasteiger partial charge on any atom is 0.326 e. The number of unbranched alkanes of at least 4 members (excludes halogenated alkanes) is 1. The molecule has 0 saturated heterocycles. The van der Waals surface area contributed by atoms with Crippen molar-refractivity contribution in [1.29, 1.82) is 0 Å². The molecule has 214 valence electrons. The molecule has 0 radical (unpaired) electrons. The molecule has 0 spiro atoms. The number of fused-ring (bicyclic) bond motifs is 1. The van der Waals surface area contributed by atoms with Gasteiger partial charge >= 0.3 is 5.97 Å². The minimum Gasteiger partial charge on any atom is -0.480 e. The summed E-state index contributed by atoms with van der Waals surface area (Å²) in [7, 11) is -4.65. The number of ether oxygens (including phenoxy) is 1. The molecule has 1 aliphatic rings. The predicted molar refractivity (Wildman–Crippen MR) is 147 cm³/mol. The molecule has 39 heavy (non-hydrogen) atoms. The second-order valence-corrected chi connectivity index (χ2v) is 10.9. The van der Waals surface area contributed by atoms with Crippen LogP contribution in [0.15, 0.2) is 41.3 Å². The second kappa shape index (κ2) is 14.9. The number of pyridine rings is 1. The SMILES string of the molecule is CCOCCN(CCCCc1ccc2c(n1)NCCC2)CCC(NC(=O)c1ccccc1S(=O)(=O)O)C(=O)O. The number of carbonyl (C=O) groups is 2. The van der Waals surface area contributed by atoms with Crippen molar-refractivity contribution in [2.24, 2.45) is 0 Å². The van der Waals surface area contributed by atoms with Gasteiger partial charge in [0.15, 0.2) is 0 Å². The molecule has 0 aliphatic carbocycles. The van der Waals surface area contributed by atoms with Gasteiger partial charge in [0.05, 0.1) is 12.2 Å². The molecule has 1 amide bonds. The third-order valence-electron chi connectivity index (χ3n) is 6.61. The monoisotopic (exact) mass is 562 g/mol. The van der Waals surface area contributed by atoms with Crippen LogP contribution in [0.3, 0.4) is 0 Å². The summed E-state index contributed by atoms with van der Waals surface area (Å²) in [5.74, 6) is -1.13. The Kier molecular flexibility index (Phi) is 11.7. The number of hydrogen-bond acceptors (Lipinski definition) is 8. The number of carboxylic acid groups (broad SMARTS) is 1. The molecular weight excluding hydrogens is 524 g/mol. The van der Waals surface area contributed by atoms with E-state index in [1.54, 1.807) is 0 Å². The van der Waals surface area contributed by atoms with Crippen molar-refractivity contribution >= 4 is 27.8 Å². The molecule has 0 saturated carbocycles. The fourth-order valence-electron chi connectivity index (χ4n) is 4.51. The molecule has 1 aromatic carbocycles. The van der Waals surface area contributed by atoms with Crippen LogP contribution in [0.2, 0.25) is 0 Å². The van der Waals surface area contributed by atoms with Gasteiger partial charge in [0.2, 0.25) is 0 Å². The molecule has 1 aliphatic heterocycles. The van der Waals surface area contributed by atoms with Gasteiger partial charge in [-0.3, -0.25) is 9.35 Å². The normalized spacial score (nSPS) is 13.9. The lowest BCUT2D eigenvalue weighted by molar-refractivity contribution is -0.139. The van der Waals surface area contributed by atoms with Gasteiger partial charge in [-0.2, -0.15) is 8.42 Å². The van der Waals surface area contributed by atoms with Gasteiger partial charge in [0, 0.05) is 31.9 Å². The number of nitrogens with zero attached hydrogens (tertiary/aromatic N) is 2. The Morgan fingerprint density at radius 2 is 1.95 bits per heavy atom. The molecule has 0 fully saturated rings. The lowest BCUT2D eigenvalue weighted by Gasteiger charge is -2.24. The molecular formula is C27H38N4O7S. The van der Waals surface area contributed by atoms with Crippen LogP contribution in [-0.2, 0) is 32.5 Å². The van der Waals surface area contributed by atoms with E-state index in [0.29, 0.717) is 26.3 Å². The summed E-state index contributed by atoms with van der Waals surface area (Å²) in [6.07, 6.45) is 4.92. The second-order valence-electron chi connectivity index (χ2n) is 9.46. The number of anilines is 1. The highest BCUT2D eigenvalue weighted by Crippen LogP contribution is 2.20. The molecule has 4 N–H and O–H groups in total. The van der Waals surface area contributed by atoms with E-state index in [1.807, 2.05) is 6.92 Å². The van der Waals surface area contributed by atoms with Crippen LogP contribution < -0.4 is 10.6 Å². The highest BCUT2D eigenvalue weighted by atomic mass is 32.2. The van der Waals surface area contributed by atoms with E-state index >= 15 is 0 Å². The Morgan fingerprint density at radius 1 is 1.15 bits per heavy atom. The molecule has 11 nitrogen and oxygen atoms in total. The van der Waals surface area contributed by atoms with Crippen molar-refractivity contribution < 1.29 is 32.4 Å². The molecule has 2 heterocycles. The average molecular weight is 563 g/mol. The fraction of sp³-hybridized carbons (Fsp3) is 0.519. The van der Waals surface area contributed by atoms with Gasteiger partial charge in [-0.05, 0) is 75.8 Å². The zero-order chi connectivity index (χ0) is 28.3. The van der Waals surface area contributed by atoms with Crippen molar-refractivity contribution in [2.45, 2.75) is 56.4 Å². The van der Waals surface area contributed by atoms with Crippen LogP contribution in [0, 0.1) is 0 Å². The molecule has 0 bridgehead atoms. The first-order chi connectivity index (χ1) is 18.7. The Labute approximate surface area is 229 Å². The van der Waals surface area contributed by atoms with Crippen LogP contribution in [-0.4, -0.2) is 85.3 Å². The standard InChI is InChI=1S/C27H38N4O7S/c1-2-38-19-18-31(16-6-5-9-21-13-12-20-8-7-15-28-25(20)29-21)17-14-23(27(33)34)30-26(32)22-10-3-4-11-24(22)39(35,36)37/h3-4,10-13,23H,2,5-9,14-19H2,1H3,(H,28,29)(H,30,32)(H,33,34)(H,35,36,37). The third-order valence-corrected chi connectivity index (χ3v) is 7.52. The lowest BCUT2D eigenvalue weighted by atomic mass is 10.1. The van der Waals surface area contributed by atoms with Crippen LogP contribution in [0.1, 0.15) is 54.2 Å². The maximum absolute atomic E-state index is 12.7. The largest absolute Gasteiger partial charge is 0.480 e. The van der Waals surface area contributed by atoms with Crippen molar-refractivity contribution in [3.8, 4) is 0 Å². The Bertz CT molecular complexity index is 1220. The Balaban J connectivity index is 1.55. The number of carbonyl (C=O) groups excluding carboxylic acids is 1. The van der Waals surface area contributed by atoms with E-state index < -0.39 is 32.9 Å². The van der Waals surface area contributed by atoms with E-state index in [2.05, 4.69) is 27.7 Å². The van der Waals surface area contributed by atoms with E-state index in [4.69, 9.17) is 9.72 Å². The molecule has 1 unspecified atom stereocenters. The van der Waals surface area contributed by atoms with Gasteiger partial charge in [0.1, 0.15) is 16.8 Å². The lowest BCUT2D eigenvalue weighted by Crippen LogP contribution is -2.44. The number of carboxylic acids is 1. The quantitative estimate of drug-likeness (QED) is 0.177. The van der Waals surface area contributed by atoms with Crippen LogP contribution in [0.25, 0.3) is 0 Å². The van der Waals surface area contributed by atoms with E-state index in [0.717, 1.165) is 62.8 Å². The van der Waals surface area contributed by atoms with E-state index in [1.165, 1.54) is 23.8 Å². The average Bonchev–Trinajstić information content (AvgIpc) is 2.92. The number of hydrogen-bond donors (Lipinski definition) is 4. The first-order valence-electron chi connectivity index (χ1n) is 13.3. The minimum atomic E-state index is -4.65. The Hall–Kier alpha value is -3.06. The number of aliphatic carboxylic acids is 1. The molecule has 1 aromatic heterocycles. The van der Waals surface area contributed by atoms with Crippen molar-refractivity contribution in [2.75, 3.05) is 44.7 Å². The summed E-state index contributed by atoms with van der Waals surface area (Å²) >= 11 is 0. The minimum absolute atomic E-state index is 0.110. The van der Waals surface area contributed by atoms with E-state index in [-0.39, 0.29) is 12.0 Å². The number of benzene rings is 1. The molecule has 3 rings (SSSR count). The zero-order valence-electron chi connectivity index (χ0n) is 22.3. The van der Waals surface area contributed by atoms with Crippen LogP contribution in [0.5, 0.6) is 0 Å². The van der Waals surface area contributed by atoms with Gasteiger partial charge in [-0.25, -0.2) is 9.78 Å². The number of amides is 1. The Morgan fingerprint density at radius 3 is 2.69 bits per heavy atom. The number of aryl methyl sites for hydroxylation is 2. The van der Waals surface area contributed by atoms with Gasteiger partial charge in [-0.1, -0.05) is 18.2 Å². The summed E-state index contributed by atoms with van der Waals surface area (Å²) in [6, 6.07) is 8.10. The first kappa shape index (κ1) is 30.5. The van der Waals surface area contributed by atoms with Gasteiger partial charge in [0.25, 0.3) is 16.0 Å². The van der Waals surface area contributed by atoms with Crippen LogP contribution in [0.4, 0.5) is 5.82 Å². The zero-order valence-corrected chi connectivity index (χ0v) is 23.1. The highest BCUT2D eigenvalue weighted by Gasteiger charge is 2.25. The molecule has 12 heteroatoms. The highest BCUT2D eigenvalue weighted by molar-refractivity contribution is 7.86. The summed E-state index contributed by atoms with van der Waals surface area (Å²) < 4.78 is 38.2. The molecule has 2 aromatic rings. The summed E-state index contributed by atoms with van der Waals surface area (Å²) in [4.78, 5) is 30.9. The van der Waals surface area contributed by atoms with Gasteiger partial charge in [-0.15, -0.1) is 0 Å². The number of aromatic nitrogens is 1. The van der Waals surface area contributed by atoms with Gasteiger partial charge < -0.3 is 25.4 Å². The topological polar surface area (TPSA) is 158 Å². The van der Waals surface area contributed by atoms with Crippen molar-refractivity contribution in [3.63, 3.8) is 0 Å². The summed E-state index contributed by atoms with van der Waals surface area (Å²) in [5.41, 5.74) is 1.99. The third kappa shape index (κ3) is 9.57. The summed E-state index contributed by atoms with van der Waals surface area (Å²) in [6.45, 7) is 5.66.